The number of carbonyl (C=O) groups excluding carboxylic acids is 2. The van der Waals surface area contributed by atoms with E-state index >= 15 is 0 Å². The summed E-state index contributed by atoms with van der Waals surface area (Å²) in [5.74, 6) is -0.576. The fourth-order valence-corrected chi connectivity index (χ4v) is 3.32. The van der Waals surface area contributed by atoms with Crippen LogP contribution in [0.3, 0.4) is 0 Å². The molecule has 1 saturated carbocycles. The molecule has 0 aliphatic heterocycles. The Morgan fingerprint density at radius 1 is 0.917 bits per heavy atom. The van der Waals surface area contributed by atoms with Crippen LogP contribution < -0.4 is 0 Å². The van der Waals surface area contributed by atoms with E-state index in [0.29, 0.717) is 19.1 Å². The smallest absolute Gasteiger partial charge is 0.309 e. The second-order valence-electron chi connectivity index (χ2n) is 7.07. The van der Waals surface area contributed by atoms with Gasteiger partial charge in [-0.3, -0.25) is 9.59 Å². The van der Waals surface area contributed by atoms with Crippen molar-refractivity contribution in [1.29, 1.82) is 0 Å². The molecular weight excluding hydrogens is 304 g/mol. The Bertz CT molecular complexity index is 367. The van der Waals surface area contributed by atoms with Gasteiger partial charge in [-0.25, -0.2) is 0 Å². The van der Waals surface area contributed by atoms with E-state index in [4.69, 9.17) is 9.47 Å². The van der Waals surface area contributed by atoms with Crippen molar-refractivity contribution in [2.75, 3.05) is 13.2 Å². The van der Waals surface area contributed by atoms with Crippen LogP contribution in [-0.2, 0) is 19.1 Å². The number of hydrogen-bond donors (Lipinski definition) is 0. The first-order valence-corrected chi connectivity index (χ1v) is 9.97. The number of hydrogen-bond acceptors (Lipinski definition) is 4. The Kier molecular flexibility index (Phi) is 10.8. The third kappa shape index (κ3) is 7.23. The first-order chi connectivity index (χ1) is 11.6. The molecule has 24 heavy (non-hydrogen) atoms. The zero-order valence-corrected chi connectivity index (χ0v) is 15.9. The number of rotatable bonds is 11. The SMILES string of the molecule is CCCCOC(=O)C1CCCCC1C(=O)OCC(CC)CCCC. The van der Waals surface area contributed by atoms with Gasteiger partial charge in [0.25, 0.3) is 0 Å². The molecule has 3 atom stereocenters. The summed E-state index contributed by atoms with van der Waals surface area (Å²) >= 11 is 0. The van der Waals surface area contributed by atoms with Crippen molar-refractivity contribution < 1.29 is 19.1 Å². The second-order valence-corrected chi connectivity index (χ2v) is 7.07. The molecule has 0 aromatic rings. The molecule has 0 bridgehead atoms. The standard InChI is InChI=1S/C20H36O4/c1-4-7-11-16(6-3)15-24-20(22)18-13-10-9-12-17(18)19(21)23-14-8-5-2/h16-18H,4-15H2,1-3H3. The van der Waals surface area contributed by atoms with Crippen LogP contribution in [0.5, 0.6) is 0 Å². The third-order valence-electron chi connectivity index (χ3n) is 5.12. The summed E-state index contributed by atoms with van der Waals surface area (Å²) in [6.07, 6.45) is 9.83. The van der Waals surface area contributed by atoms with Crippen LogP contribution in [0.25, 0.3) is 0 Å². The third-order valence-corrected chi connectivity index (χ3v) is 5.12. The van der Waals surface area contributed by atoms with Crippen LogP contribution in [0.4, 0.5) is 0 Å². The minimum Gasteiger partial charge on any atom is -0.465 e. The molecule has 0 saturated heterocycles. The van der Waals surface area contributed by atoms with Crippen molar-refractivity contribution in [2.24, 2.45) is 17.8 Å². The molecule has 0 N–H and O–H groups in total. The van der Waals surface area contributed by atoms with Crippen LogP contribution in [0.1, 0.15) is 85.0 Å². The number of carbonyl (C=O) groups is 2. The van der Waals surface area contributed by atoms with Crippen LogP contribution >= 0.6 is 0 Å². The van der Waals surface area contributed by atoms with Crippen LogP contribution in [0, 0.1) is 17.8 Å². The van der Waals surface area contributed by atoms with Gasteiger partial charge >= 0.3 is 11.9 Å². The first-order valence-electron chi connectivity index (χ1n) is 9.97. The van der Waals surface area contributed by atoms with E-state index in [1.807, 2.05) is 0 Å². The van der Waals surface area contributed by atoms with Gasteiger partial charge in [0.2, 0.25) is 0 Å². The van der Waals surface area contributed by atoms with Crippen LogP contribution in [0.2, 0.25) is 0 Å². The molecule has 140 valence electrons. The fraction of sp³-hybridized carbons (Fsp3) is 0.900. The molecule has 1 aliphatic carbocycles. The van der Waals surface area contributed by atoms with Crippen LogP contribution in [-0.4, -0.2) is 25.2 Å². The zero-order chi connectivity index (χ0) is 17.8. The van der Waals surface area contributed by atoms with Gasteiger partial charge in [-0.15, -0.1) is 0 Å². The lowest BCUT2D eigenvalue weighted by Crippen LogP contribution is -2.35. The summed E-state index contributed by atoms with van der Waals surface area (Å²) in [4.78, 5) is 24.8. The van der Waals surface area contributed by atoms with E-state index in [1.165, 1.54) is 12.8 Å². The Labute approximate surface area is 147 Å². The van der Waals surface area contributed by atoms with E-state index in [0.717, 1.165) is 51.4 Å². The summed E-state index contributed by atoms with van der Waals surface area (Å²) in [6.45, 7) is 7.33. The lowest BCUT2D eigenvalue weighted by atomic mass is 9.79. The normalized spacial score (nSPS) is 22.0. The molecule has 0 spiro atoms. The average Bonchev–Trinajstić information content (AvgIpc) is 2.61. The monoisotopic (exact) mass is 340 g/mol. The molecule has 0 aromatic heterocycles. The molecule has 4 heteroatoms. The van der Waals surface area contributed by atoms with Gasteiger partial charge in [0.05, 0.1) is 25.0 Å². The van der Waals surface area contributed by atoms with E-state index in [2.05, 4.69) is 20.8 Å². The van der Waals surface area contributed by atoms with E-state index in [-0.39, 0.29) is 23.8 Å². The molecule has 4 nitrogen and oxygen atoms in total. The quantitative estimate of drug-likeness (QED) is 0.397. The highest BCUT2D eigenvalue weighted by molar-refractivity contribution is 5.82. The van der Waals surface area contributed by atoms with Crippen molar-refractivity contribution in [1.82, 2.24) is 0 Å². The number of ether oxygens (including phenoxy) is 2. The van der Waals surface area contributed by atoms with E-state index < -0.39 is 0 Å². The van der Waals surface area contributed by atoms with Gasteiger partial charge in [0.1, 0.15) is 0 Å². The molecule has 1 aliphatic rings. The predicted octanol–water partition coefficient (Wildman–Crippen LogP) is 4.90. The Morgan fingerprint density at radius 3 is 2.04 bits per heavy atom. The number of unbranched alkanes of at least 4 members (excludes halogenated alkanes) is 2. The molecule has 0 amide bonds. The molecule has 1 fully saturated rings. The summed E-state index contributed by atoms with van der Waals surface area (Å²) in [7, 11) is 0. The molecule has 3 unspecified atom stereocenters. The van der Waals surface area contributed by atoms with Gasteiger partial charge in [0, 0.05) is 0 Å². The maximum absolute atomic E-state index is 12.5. The van der Waals surface area contributed by atoms with Crippen molar-refractivity contribution in [3.05, 3.63) is 0 Å². The Balaban J connectivity index is 2.50. The summed E-state index contributed by atoms with van der Waals surface area (Å²) in [5, 5.41) is 0. The fourth-order valence-electron chi connectivity index (χ4n) is 3.32. The highest BCUT2D eigenvalue weighted by Crippen LogP contribution is 2.32. The Hall–Kier alpha value is -1.06. The molecular formula is C20H36O4. The minimum absolute atomic E-state index is 0.193. The maximum atomic E-state index is 12.5. The van der Waals surface area contributed by atoms with Gasteiger partial charge in [-0.05, 0) is 31.6 Å². The van der Waals surface area contributed by atoms with Crippen molar-refractivity contribution in [3.8, 4) is 0 Å². The van der Waals surface area contributed by atoms with E-state index in [1.54, 1.807) is 0 Å². The highest BCUT2D eigenvalue weighted by atomic mass is 16.5. The molecule has 0 radical (unpaired) electrons. The first kappa shape index (κ1) is 21.0. The topological polar surface area (TPSA) is 52.6 Å². The largest absolute Gasteiger partial charge is 0.465 e. The van der Waals surface area contributed by atoms with Crippen molar-refractivity contribution in [3.63, 3.8) is 0 Å². The summed E-state index contributed by atoms with van der Waals surface area (Å²) in [5.41, 5.74) is 0. The zero-order valence-electron chi connectivity index (χ0n) is 15.9. The van der Waals surface area contributed by atoms with Crippen molar-refractivity contribution in [2.45, 2.75) is 85.0 Å². The predicted molar refractivity (Wildman–Crippen MR) is 95.6 cm³/mol. The lowest BCUT2D eigenvalue weighted by molar-refractivity contribution is -0.163. The summed E-state index contributed by atoms with van der Waals surface area (Å²) < 4.78 is 10.9. The van der Waals surface area contributed by atoms with E-state index in [9.17, 15) is 9.59 Å². The average molecular weight is 341 g/mol. The van der Waals surface area contributed by atoms with Gasteiger partial charge < -0.3 is 9.47 Å². The molecule has 1 rings (SSSR count). The highest BCUT2D eigenvalue weighted by Gasteiger charge is 2.37. The molecule has 0 heterocycles. The van der Waals surface area contributed by atoms with Crippen LogP contribution in [0.15, 0.2) is 0 Å². The number of esters is 2. The van der Waals surface area contributed by atoms with Gasteiger partial charge in [-0.1, -0.05) is 59.3 Å². The molecule has 0 aromatic carbocycles. The Morgan fingerprint density at radius 2 is 1.50 bits per heavy atom. The summed E-state index contributed by atoms with van der Waals surface area (Å²) in [6, 6.07) is 0. The lowest BCUT2D eigenvalue weighted by Gasteiger charge is -2.28. The minimum atomic E-state index is -0.309. The van der Waals surface area contributed by atoms with Crippen molar-refractivity contribution >= 4 is 11.9 Å². The second kappa shape index (κ2) is 12.3. The maximum Gasteiger partial charge on any atom is 0.309 e. The van der Waals surface area contributed by atoms with Gasteiger partial charge in [-0.2, -0.15) is 0 Å². The van der Waals surface area contributed by atoms with Gasteiger partial charge in [0.15, 0.2) is 0 Å².